The average Bonchev–Trinajstić information content (AvgIpc) is 3.12. The smallest absolute Gasteiger partial charge is 0.327 e. The molecule has 30 heavy (non-hydrogen) atoms. The number of carbonyl (C=O) groups is 3. The normalized spacial score (nSPS) is 18.5. The number of ketones is 1. The fourth-order valence-electron chi connectivity index (χ4n) is 4.99. The first-order valence-electron chi connectivity index (χ1n) is 10.7. The van der Waals surface area contributed by atoms with Crippen molar-refractivity contribution in [3.8, 4) is 0 Å². The lowest BCUT2D eigenvalue weighted by molar-refractivity contribution is -0.134. The Kier molecular flexibility index (Phi) is 5.26. The SMILES string of the molecule is Cc1cc(C(=O)CN2C(=O)N(C)C3(CCCCC3)C2=O)c(C)n1Cc1ccccc1. The molecule has 2 aromatic rings. The standard InChI is InChI=1S/C24H29N3O3/c1-17-14-20(18(2)26(17)15-19-10-6-4-7-11-19)21(28)16-27-22(29)24(25(3)23(27)30)12-8-5-9-13-24/h4,6-7,10-11,14H,5,8-9,12-13,15-16H2,1-3H3. The second-order valence-corrected chi connectivity index (χ2v) is 8.60. The molecule has 0 unspecified atom stereocenters. The Labute approximate surface area is 177 Å². The monoisotopic (exact) mass is 407 g/mol. The van der Waals surface area contributed by atoms with Gasteiger partial charge >= 0.3 is 6.03 Å². The first-order valence-corrected chi connectivity index (χ1v) is 10.7. The van der Waals surface area contributed by atoms with Crippen molar-refractivity contribution in [2.45, 2.75) is 58.0 Å². The van der Waals surface area contributed by atoms with E-state index in [0.717, 1.165) is 41.1 Å². The molecule has 6 nitrogen and oxygen atoms in total. The third-order valence-corrected chi connectivity index (χ3v) is 6.84. The van der Waals surface area contributed by atoms with Gasteiger partial charge in [-0.3, -0.25) is 14.5 Å². The molecule has 0 bridgehead atoms. The summed E-state index contributed by atoms with van der Waals surface area (Å²) in [7, 11) is 1.70. The summed E-state index contributed by atoms with van der Waals surface area (Å²) < 4.78 is 2.10. The van der Waals surface area contributed by atoms with E-state index in [1.54, 1.807) is 11.9 Å². The molecule has 2 heterocycles. The first-order chi connectivity index (χ1) is 14.3. The summed E-state index contributed by atoms with van der Waals surface area (Å²) in [6.45, 7) is 4.38. The highest BCUT2D eigenvalue weighted by Crippen LogP contribution is 2.39. The zero-order valence-electron chi connectivity index (χ0n) is 18.0. The zero-order valence-corrected chi connectivity index (χ0v) is 18.0. The number of hydrogen-bond donors (Lipinski definition) is 0. The van der Waals surface area contributed by atoms with Crippen LogP contribution in [0.3, 0.4) is 0 Å². The molecule has 1 aromatic heterocycles. The number of benzene rings is 1. The molecule has 0 N–H and O–H groups in total. The van der Waals surface area contributed by atoms with Gasteiger partial charge in [0.25, 0.3) is 5.91 Å². The molecule has 4 rings (SSSR count). The van der Waals surface area contributed by atoms with Crippen molar-refractivity contribution >= 4 is 17.7 Å². The van der Waals surface area contributed by atoms with Gasteiger partial charge in [-0.25, -0.2) is 4.79 Å². The lowest BCUT2D eigenvalue weighted by Crippen LogP contribution is -2.49. The molecule has 158 valence electrons. The Hall–Kier alpha value is -2.89. The number of carbonyl (C=O) groups excluding carboxylic acids is 3. The van der Waals surface area contributed by atoms with Crippen LogP contribution in [0.1, 0.15) is 59.4 Å². The van der Waals surface area contributed by atoms with E-state index in [2.05, 4.69) is 16.7 Å². The molecule has 1 aliphatic heterocycles. The van der Waals surface area contributed by atoms with E-state index in [0.29, 0.717) is 24.9 Å². The van der Waals surface area contributed by atoms with Crippen LogP contribution in [0.15, 0.2) is 36.4 Å². The molecule has 0 atom stereocenters. The van der Waals surface area contributed by atoms with Gasteiger partial charge in [0, 0.05) is 30.5 Å². The Morgan fingerprint density at radius 2 is 1.70 bits per heavy atom. The summed E-state index contributed by atoms with van der Waals surface area (Å²) in [6.07, 6.45) is 4.33. The number of aromatic nitrogens is 1. The van der Waals surface area contributed by atoms with Crippen LogP contribution in [-0.4, -0.2) is 51.2 Å². The quantitative estimate of drug-likeness (QED) is 0.557. The molecule has 0 radical (unpaired) electrons. The molecule has 1 aromatic carbocycles. The van der Waals surface area contributed by atoms with Gasteiger partial charge in [-0.1, -0.05) is 49.6 Å². The molecule has 1 spiro atoms. The Balaban J connectivity index is 1.55. The number of amides is 3. The highest BCUT2D eigenvalue weighted by molar-refractivity contribution is 6.11. The topological polar surface area (TPSA) is 62.6 Å². The number of Topliss-reactive ketones (excluding diaryl/α,β-unsaturated/α-hetero) is 1. The number of urea groups is 1. The van der Waals surface area contributed by atoms with Crippen molar-refractivity contribution < 1.29 is 14.4 Å². The van der Waals surface area contributed by atoms with E-state index in [1.807, 2.05) is 38.1 Å². The third kappa shape index (κ3) is 3.24. The van der Waals surface area contributed by atoms with Gasteiger partial charge in [0.05, 0.1) is 6.54 Å². The summed E-state index contributed by atoms with van der Waals surface area (Å²) in [5.41, 5.74) is 2.83. The highest BCUT2D eigenvalue weighted by atomic mass is 16.2. The highest BCUT2D eigenvalue weighted by Gasteiger charge is 2.55. The van der Waals surface area contributed by atoms with Crippen molar-refractivity contribution in [1.82, 2.24) is 14.4 Å². The van der Waals surface area contributed by atoms with E-state index in [9.17, 15) is 14.4 Å². The molecule has 6 heteroatoms. The maximum absolute atomic E-state index is 13.2. The summed E-state index contributed by atoms with van der Waals surface area (Å²) >= 11 is 0. The maximum atomic E-state index is 13.2. The van der Waals surface area contributed by atoms with Gasteiger partial charge in [0.15, 0.2) is 5.78 Å². The van der Waals surface area contributed by atoms with Crippen LogP contribution in [-0.2, 0) is 11.3 Å². The van der Waals surface area contributed by atoms with Crippen LogP contribution >= 0.6 is 0 Å². The summed E-state index contributed by atoms with van der Waals surface area (Å²) in [6, 6.07) is 11.6. The minimum absolute atomic E-state index is 0.189. The van der Waals surface area contributed by atoms with Gasteiger partial charge in [-0.15, -0.1) is 0 Å². The van der Waals surface area contributed by atoms with Gasteiger partial charge in [-0.05, 0) is 38.3 Å². The van der Waals surface area contributed by atoms with Crippen LogP contribution in [0.4, 0.5) is 4.79 Å². The molecule has 2 fully saturated rings. The van der Waals surface area contributed by atoms with E-state index in [4.69, 9.17) is 0 Å². The Morgan fingerprint density at radius 1 is 1.03 bits per heavy atom. The fourth-order valence-corrected chi connectivity index (χ4v) is 4.99. The van der Waals surface area contributed by atoms with Crippen LogP contribution < -0.4 is 0 Å². The molecule has 1 aliphatic carbocycles. The number of aryl methyl sites for hydroxylation is 1. The van der Waals surface area contributed by atoms with Crippen LogP contribution in [0.5, 0.6) is 0 Å². The number of imide groups is 1. The van der Waals surface area contributed by atoms with Crippen molar-refractivity contribution in [2.24, 2.45) is 0 Å². The second-order valence-electron chi connectivity index (χ2n) is 8.60. The first kappa shape index (κ1) is 20.4. The van der Waals surface area contributed by atoms with Crippen LogP contribution in [0.2, 0.25) is 0 Å². The van der Waals surface area contributed by atoms with E-state index in [-0.39, 0.29) is 24.3 Å². The maximum Gasteiger partial charge on any atom is 0.327 e. The Bertz CT molecular complexity index is 987. The molecule has 1 saturated heterocycles. The predicted octanol–water partition coefficient (Wildman–Crippen LogP) is 3.93. The second kappa shape index (κ2) is 7.74. The van der Waals surface area contributed by atoms with E-state index < -0.39 is 5.54 Å². The van der Waals surface area contributed by atoms with Gasteiger partial charge in [-0.2, -0.15) is 0 Å². The minimum atomic E-state index is -0.750. The number of rotatable bonds is 5. The lowest BCUT2D eigenvalue weighted by Gasteiger charge is -2.35. The van der Waals surface area contributed by atoms with E-state index in [1.165, 1.54) is 0 Å². The summed E-state index contributed by atoms with van der Waals surface area (Å²) in [5, 5.41) is 0. The van der Waals surface area contributed by atoms with Gasteiger partial charge in [0.1, 0.15) is 5.54 Å². The van der Waals surface area contributed by atoms with Crippen molar-refractivity contribution in [3.63, 3.8) is 0 Å². The van der Waals surface area contributed by atoms with Crippen LogP contribution in [0, 0.1) is 13.8 Å². The molecular weight excluding hydrogens is 378 g/mol. The van der Waals surface area contributed by atoms with Crippen molar-refractivity contribution in [3.05, 3.63) is 58.9 Å². The van der Waals surface area contributed by atoms with Crippen molar-refractivity contribution in [2.75, 3.05) is 13.6 Å². The van der Waals surface area contributed by atoms with Gasteiger partial charge in [0.2, 0.25) is 0 Å². The minimum Gasteiger partial charge on any atom is -0.344 e. The number of likely N-dealkylation sites (N-methyl/N-ethyl adjacent to an activating group) is 1. The Morgan fingerprint density at radius 3 is 2.37 bits per heavy atom. The molecular formula is C24H29N3O3. The van der Waals surface area contributed by atoms with Gasteiger partial charge < -0.3 is 9.47 Å². The fraction of sp³-hybridized carbons (Fsp3) is 0.458. The molecule has 1 saturated carbocycles. The predicted molar refractivity (Wildman–Crippen MR) is 114 cm³/mol. The van der Waals surface area contributed by atoms with E-state index >= 15 is 0 Å². The summed E-state index contributed by atoms with van der Waals surface area (Å²) in [4.78, 5) is 41.9. The van der Waals surface area contributed by atoms with Crippen LogP contribution in [0.25, 0.3) is 0 Å². The largest absolute Gasteiger partial charge is 0.344 e. The molecule has 3 amide bonds. The summed E-state index contributed by atoms with van der Waals surface area (Å²) in [5.74, 6) is -0.397. The number of nitrogens with zero attached hydrogens (tertiary/aromatic N) is 3. The zero-order chi connectivity index (χ0) is 21.5. The van der Waals surface area contributed by atoms with Crippen molar-refractivity contribution in [1.29, 1.82) is 0 Å². The molecule has 2 aliphatic rings. The lowest BCUT2D eigenvalue weighted by atomic mass is 9.80. The number of hydrogen-bond acceptors (Lipinski definition) is 3. The average molecular weight is 408 g/mol. The third-order valence-electron chi connectivity index (χ3n) is 6.84.